The van der Waals surface area contributed by atoms with E-state index in [9.17, 15) is 30.0 Å². The van der Waals surface area contributed by atoms with E-state index in [0.717, 1.165) is 12.4 Å². The van der Waals surface area contributed by atoms with Gasteiger partial charge in [-0.1, -0.05) is 54.6 Å². The van der Waals surface area contributed by atoms with E-state index in [1.165, 1.54) is 36.4 Å². The Labute approximate surface area is 192 Å². The second-order valence-corrected chi connectivity index (χ2v) is 7.00. The van der Waals surface area contributed by atoms with Crippen LogP contribution in [-0.2, 0) is 11.8 Å². The molecule has 2 aromatic carbocycles. The van der Waals surface area contributed by atoms with E-state index in [1.54, 1.807) is 18.2 Å². The van der Waals surface area contributed by atoms with Gasteiger partial charge in [-0.2, -0.15) is 5.10 Å². The smallest absolute Gasteiger partial charge is 0.275 e. The number of aliphatic hydroxyl groups is 4. The summed E-state index contributed by atoms with van der Waals surface area (Å²) in [5, 5.41) is 48.2. The first-order valence-corrected chi connectivity index (χ1v) is 9.60. The number of nitrogens with zero attached hydrogens (tertiary/aromatic N) is 3. The van der Waals surface area contributed by atoms with Gasteiger partial charge in [-0.05, 0) is 0 Å². The minimum atomic E-state index is -2.81. The van der Waals surface area contributed by atoms with Crippen molar-refractivity contribution in [3.63, 3.8) is 0 Å². The van der Waals surface area contributed by atoms with Gasteiger partial charge in [-0.3, -0.25) is 20.2 Å². The number of hydrazone groups is 1. The van der Waals surface area contributed by atoms with Crippen LogP contribution >= 0.6 is 0 Å². The van der Waals surface area contributed by atoms with Crippen LogP contribution in [0, 0.1) is 0 Å². The summed E-state index contributed by atoms with van der Waals surface area (Å²) in [6.45, 7) is 0. The van der Waals surface area contributed by atoms with Crippen LogP contribution in [0.25, 0.3) is 0 Å². The van der Waals surface area contributed by atoms with E-state index in [4.69, 9.17) is 11.6 Å². The van der Waals surface area contributed by atoms with Gasteiger partial charge in [0.2, 0.25) is 0 Å². The number of amides is 2. The molecule has 2 amide bonds. The van der Waals surface area contributed by atoms with E-state index in [0.29, 0.717) is 5.56 Å². The van der Waals surface area contributed by atoms with Gasteiger partial charge < -0.3 is 32.0 Å². The van der Waals surface area contributed by atoms with Gasteiger partial charge >= 0.3 is 0 Å². The summed E-state index contributed by atoms with van der Waals surface area (Å²) in [6.07, 6.45) is 0.878. The van der Waals surface area contributed by atoms with Crippen LogP contribution in [0.4, 0.5) is 0 Å². The standard InChI is InChI=1S/C21H21N7O6/c22-17(28-23)12-6-8-14(9-7-12)21(33,34)27-19(30)16-10-15(24-11-25-16)18(29)26-20(31,32)13-4-2-1-3-5-13/h1-11,31-34H,23H2,(H2,22,28)(H,26,29)(H,27,30). The second kappa shape index (κ2) is 9.60. The molecule has 1 aromatic heterocycles. The predicted molar refractivity (Wildman–Crippen MR) is 117 cm³/mol. The summed E-state index contributed by atoms with van der Waals surface area (Å²) in [7, 11) is 0. The van der Waals surface area contributed by atoms with Gasteiger partial charge in [0, 0.05) is 22.8 Å². The highest BCUT2D eigenvalue weighted by atomic mass is 16.5. The zero-order chi connectivity index (χ0) is 24.9. The monoisotopic (exact) mass is 467 g/mol. The summed E-state index contributed by atoms with van der Waals surface area (Å²) < 4.78 is 0. The number of benzene rings is 2. The van der Waals surface area contributed by atoms with Crippen molar-refractivity contribution < 1.29 is 30.0 Å². The Bertz CT molecular complexity index is 1210. The van der Waals surface area contributed by atoms with Crippen LogP contribution in [-0.4, -0.2) is 48.0 Å². The highest BCUT2D eigenvalue weighted by Gasteiger charge is 2.31. The lowest BCUT2D eigenvalue weighted by molar-refractivity contribution is -0.186. The van der Waals surface area contributed by atoms with Gasteiger partial charge in [0.05, 0.1) is 0 Å². The number of hydrogen-bond acceptors (Lipinski definition) is 10. The number of rotatable bonds is 7. The molecule has 0 saturated carbocycles. The molecule has 1 heterocycles. The Kier molecular flexibility index (Phi) is 6.84. The van der Waals surface area contributed by atoms with E-state index >= 15 is 0 Å². The molecule has 0 spiro atoms. The predicted octanol–water partition coefficient (Wildman–Crippen LogP) is -1.89. The summed E-state index contributed by atoms with van der Waals surface area (Å²) in [5.74, 6) is -2.49. The van der Waals surface area contributed by atoms with Gasteiger partial charge in [0.15, 0.2) is 0 Å². The van der Waals surface area contributed by atoms with Gasteiger partial charge in [-0.15, -0.1) is 0 Å². The highest BCUT2D eigenvalue weighted by Crippen LogP contribution is 2.17. The van der Waals surface area contributed by atoms with E-state index in [1.807, 2.05) is 10.6 Å². The molecule has 0 fully saturated rings. The first-order valence-electron chi connectivity index (χ1n) is 9.60. The highest BCUT2D eigenvalue weighted by molar-refractivity contribution is 5.98. The molecule has 3 aromatic rings. The van der Waals surface area contributed by atoms with Crippen LogP contribution in [0.15, 0.2) is 72.1 Å². The number of aromatic nitrogens is 2. The van der Waals surface area contributed by atoms with Crippen molar-refractivity contribution >= 4 is 17.6 Å². The Morgan fingerprint density at radius 1 is 0.794 bits per heavy atom. The largest absolute Gasteiger partial charge is 0.382 e. The third-order valence-electron chi connectivity index (χ3n) is 4.61. The lowest BCUT2D eigenvalue weighted by atomic mass is 10.1. The lowest BCUT2D eigenvalue weighted by Gasteiger charge is -2.24. The SMILES string of the molecule is N/N=C(\N)c1ccc(C(O)(O)NC(=O)c2cc(C(=O)NC(O)(O)c3ccccc3)ncn2)cc1. The van der Waals surface area contributed by atoms with Crippen molar-refractivity contribution in [3.8, 4) is 0 Å². The molecule has 0 aliphatic rings. The maximum atomic E-state index is 12.5. The molecule has 10 N–H and O–H groups in total. The number of nitrogens with one attached hydrogen (secondary N) is 2. The first kappa shape index (κ1) is 24.2. The van der Waals surface area contributed by atoms with Crippen LogP contribution < -0.4 is 22.2 Å². The maximum absolute atomic E-state index is 12.5. The fourth-order valence-electron chi connectivity index (χ4n) is 2.81. The molecular weight excluding hydrogens is 446 g/mol. The maximum Gasteiger partial charge on any atom is 0.275 e. The Hall–Kier alpha value is -4.43. The molecule has 0 aliphatic heterocycles. The number of carbonyl (C=O) groups excluding carboxylic acids is 2. The molecule has 0 saturated heterocycles. The van der Waals surface area contributed by atoms with Gasteiger partial charge in [-0.25, -0.2) is 9.97 Å². The number of carbonyl (C=O) groups is 2. The zero-order valence-electron chi connectivity index (χ0n) is 17.5. The fourth-order valence-corrected chi connectivity index (χ4v) is 2.81. The van der Waals surface area contributed by atoms with Crippen LogP contribution in [0.3, 0.4) is 0 Å². The third kappa shape index (κ3) is 5.48. The van der Waals surface area contributed by atoms with E-state index in [-0.39, 0.29) is 22.7 Å². The molecule has 176 valence electrons. The summed E-state index contributed by atoms with van der Waals surface area (Å²) in [4.78, 5) is 32.4. The average Bonchev–Trinajstić information content (AvgIpc) is 2.83. The third-order valence-corrected chi connectivity index (χ3v) is 4.61. The number of hydrogen-bond donors (Lipinski definition) is 8. The topological polar surface area (TPSA) is 229 Å². The Morgan fingerprint density at radius 3 is 1.74 bits per heavy atom. The molecule has 0 bridgehead atoms. The molecule has 0 aliphatic carbocycles. The first-order chi connectivity index (χ1) is 16.0. The fraction of sp³-hybridized carbons (Fsp3) is 0.0952. The molecule has 13 heteroatoms. The van der Waals surface area contributed by atoms with E-state index < -0.39 is 29.3 Å². The van der Waals surface area contributed by atoms with Crippen LogP contribution in [0.5, 0.6) is 0 Å². The minimum absolute atomic E-state index is 0.00812. The van der Waals surface area contributed by atoms with Crippen molar-refractivity contribution in [2.45, 2.75) is 11.8 Å². The Balaban J connectivity index is 1.74. The summed E-state index contributed by atoms with van der Waals surface area (Å²) >= 11 is 0. The van der Waals surface area contributed by atoms with Crippen LogP contribution in [0.2, 0.25) is 0 Å². The van der Waals surface area contributed by atoms with Crippen molar-refractivity contribution in [1.29, 1.82) is 0 Å². The van der Waals surface area contributed by atoms with Crippen LogP contribution in [0.1, 0.15) is 37.7 Å². The van der Waals surface area contributed by atoms with Crippen molar-refractivity contribution in [1.82, 2.24) is 20.6 Å². The normalized spacial score (nSPS) is 12.2. The summed E-state index contributed by atoms with van der Waals surface area (Å²) in [6, 6.07) is 13.8. The summed E-state index contributed by atoms with van der Waals surface area (Å²) in [5.41, 5.74) is 5.08. The second-order valence-electron chi connectivity index (χ2n) is 7.00. The van der Waals surface area contributed by atoms with Crippen molar-refractivity contribution in [2.24, 2.45) is 16.7 Å². The molecule has 0 unspecified atom stereocenters. The van der Waals surface area contributed by atoms with Crippen molar-refractivity contribution in [3.05, 3.63) is 95.1 Å². The minimum Gasteiger partial charge on any atom is -0.382 e. The van der Waals surface area contributed by atoms with Gasteiger partial charge in [0.25, 0.3) is 23.6 Å². The molecule has 0 atom stereocenters. The molecular formula is C21H21N7O6. The quantitative estimate of drug-likeness (QED) is 0.0632. The molecule has 34 heavy (non-hydrogen) atoms. The average molecular weight is 467 g/mol. The zero-order valence-corrected chi connectivity index (χ0v) is 17.5. The van der Waals surface area contributed by atoms with Gasteiger partial charge in [0.1, 0.15) is 23.6 Å². The Morgan fingerprint density at radius 2 is 1.26 bits per heavy atom. The van der Waals surface area contributed by atoms with E-state index in [2.05, 4.69) is 15.1 Å². The lowest BCUT2D eigenvalue weighted by Crippen LogP contribution is -2.47. The molecule has 13 nitrogen and oxygen atoms in total. The molecule has 3 rings (SSSR count). The number of nitrogens with two attached hydrogens (primary N) is 2. The van der Waals surface area contributed by atoms with Crippen molar-refractivity contribution in [2.75, 3.05) is 0 Å². The molecule has 0 radical (unpaired) electrons. The number of amidine groups is 1.